The predicted molar refractivity (Wildman–Crippen MR) is 105 cm³/mol. The molecule has 2 aromatic rings. The number of rotatable bonds is 4. The van der Waals surface area contributed by atoms with Crippen LogP contribution in [0, 0.1) is 6.92 Å². The second kappa shape index (κ2) is 8.60. The van der Waals surface area contributed by atoms with E-state index in [4.69, 9.17) is 23.8 Å². The first-order valence-corrected chi connectivity index (χ1v) is 8.47. The molecule has 0 aliphatic carbocycles. The first kappa shape index (κ1) is 18.9. The number of thiocarbonyl (C=S) groups is 1. The third kappa shape index (κ3) is 5.01. The molecule has 0 unspecified atom stereocenters. The molecular formula is C18H18ClN3O2S. The van der Waals surface area contributed by atoms with Crippen LogP contribution in [-0.4, -0.2) is 16.9 Å². The van der Waals surface area contributed by atoms with E-state index >= 15 is 0 Å². The van der Waals surface area contributed by atoms with Gasteiger partial charge >= 0.3 is 0 Å². The van der Waals surface area contributed by atoms with Crippen molar-refractivity contribution in [3.8, 4) is 0 Å². The van der Waals surface area contributed by atoms with Crippen molar-refractivity contribution in [1.82, 2.24) is 5.32 Å². The van der Waals surface area contributed by atoms with Gasteiger partial charge in [-0.15, -0.1) is 0 Å². The van der Waals surface area contributed by atoms with E-state index in [-0.39, 0.29) is 11.0 Å². The summed E-state index contributed by atoms with van der Waals surface area (Å²) in [6, 6.07) is 12.1. The van der Waals surface area contributed by atoms with Crippen LogP contribution in [0.15, 0.2) is 42.5 Å². The van der Waals surface area contributed by atoms with Crippen molar-refractivity contribution in [2.45, 2.75) is 20.3 Å². The molecule has 0 heterocycles. The molecule has 2 rings (SSSR count). The summed E-state index contributed by atoms with van der Waals surface area (Å²) in [5, 5.41) is 8.88. The average molecular weight is 376 g/mol. The van der Waals surface area contributed by atoms with Gasteiger partial charge in [-0.2, -0.15) is 0 Å². The van der Waals surface area contributed by atoms with E-state index in [1.54, 1.807) is 43.3 Å². The molecule has 7 heteroatoms. The summed E-state index contributed by atoms with van der Waals surface area (Å²) in [5.74, 6) is -0.467. The van der Waals surface area contributed by atoms with Gasteiger partial charge in [-0.25, -0.2) is 0 Å². The van der Waals surface area contributed by atoms with Gasteiger partial charge in [0.15, 0.2) is 5.11 Å². The molecule has 0 saturated carbocycles. The maximum atomic E-state index is 12.2. The Morgan fingerprint density at radius 3 is 2.32 bits per heavy atom. The largest absolute Gasteiger partial charge is 0.332 e. The van der Waals surface area contributed by atoms with Crippen molar-refractivity contribution in [1.29, 1.82) is 0 Å². The molecule has 0 aliphatic rings. The summed E-state index contributed by atoms with van der Waals surface area (Å²) in [6.45, 7) is 3.64. The van der Waals surface area contributed by atoms with Crippen LogP contribution in [0.1, 0.15) is 29.3 Å². The van der Waals surface area contributed by atoms with E-state index in [1.807, 2.05) is 13.0 Å². The molecular weight excluding hydrogens is 358 g/mol. The zero-order chi connectivity index (χ0) is 18.4. The van der Waals surface area contributed by atoms with E-state index in [9.17, 15) is 9.59 Å². The Kier molecular flexibility index (Phi) is 6.50. The van der Waals surface area contributed by atoms with Gasteiger partial charge in [0.2, 0.25) is 5.91 Å². The van der Waals surface area contributed by atoms with E-state index in [2.05, 4.69) is 16.0 Å². The summed E-state index contributed by atoms with van der Waals surface area (Å²) in [7, 11) is 0. The Hall–Kier alpha value is -2.44. The summed E-state index contributed by atoms with van der Waals surface area (Å²) in [5.41, 5.74) is 2.54. The van der Waals surface area contributed by atoms with E-state index < -0.39 is 5.91 Å². The molecule has 0 radical (unpaired) electrons. The molecule has 0 aromatic heterocycles. The quantitative estimate of drug-likeness (QED) is 0.703. The molecule has 0 saturated heterocycles. The lowest BCUT2D eigenvalue weighted by atomic mass is 10.1. The molecule has 2 amide bonds. The van der Waals surface area contributed by atoms with Gasteiger partial charge in [0.05, 0.1) is 10.6 Å². The number of anilines is 2. The van der Waals surface area contributed by atoms with E-state index in [1.165, 1.54) is 0 Å². The second-order valence-corrected chi connectivity index (χ2v) is 6.08. The molecule has 0 aliphatic heterocycles. The Labute approximate surface area is 156 Å². The number of benzene rings is 2. The molecule has 0 atom stereocenters. The molecule has 2 aromatic carbocycles. The molecule has 0 bridgehead atoms. The number of halogens is 1. The molecule has 130 valence electrons. The van der Waals surface area contributed by atoms with E-state index in [0.29, 0.717) is 28.4 Å². The van der Waals surface area contributed by atoms with Crippen LogP contribution >= 0.6 is 23.8 Å². The SMILES string of the molecule is CCC(=O)Nc1cccc(NC(=S)NC(=O)c2ccccc2Cl)c1C. The number of carbonyl (C=O) groups is 2. The number of carbonyl (C=O) groups excluding carboxylic acids is 2. The third-order valence-corrected chi connectivity index (χ3v) is 4.06. The van der Waals surface area contributed by atoms with Crippen molar-refractivity contribution in [2.75, 3.05) is 10.6 Å². The zero-order valence-electron chi connectivity index (χ0n) is 13.9. The van der Waals surface area contributed by atoms with Crippen LogP contribution in [0.2, 0.25) is 5.02 Å². The van der Waals surface area contributed by atoms with Gasteiger partial charge in [-0.05, 0) is 49.0 Å². The lowest BCUT2D eigenvalue weighted by Gasteiger charge is -2.15. The Bertz CT molecular complexity index is 824. The fourth-order valence-corrected chi connectivity index (χ4v) is 2.54. The maximum Gasteiger partial charge on any atom is 0.258 e. The van der Waals surface area contributed by atoms with Crippen molar-refractivity contribution in [3.63, 3.8) is 0 Å². The molecule has 0 fully saturated rings. The Morgan fingerprint density at radius 1 is 1.04 bits per heavy atom. The van der Waals surface area contributed by atoms with Crippen LogP contribution in [-0.2, 0) is 4.79 Å². The van der Waals surface area contributed by atoms with Gasteiger partial charge in [-0.1, -0.05) is 36.7 Å². The summed E-state index contributed by atoms with van der Waals surface area (Å²) in [6.07, 6.45) is 0.392. The Balaban J connectivity index is 2.08. The minimum atomic E-state index is -0.392. The Morgan fingerprint density at radius 2 is 1.68 bits per heavy atom. The van der Waals surface area contributed by atoms with Crippen LogP contribution < -0.4 is 16.0 Å². The highest BCUT2D eigenvalue weighted by Crippen LogP contribution is 2.23. The van der Waals surface area contributed by atoms with Crippen LogP contribution in [0.5, 0.6) is 0 Å². The van der Waals surface area contributed by atoms with Gasteiger partial charge in [0.25, 0.3) is 5.91 Å². The van der Waals surface area contributed by atoms with Gasteiger partial charge < -0.3 is 10.6 Å². The third-order valence-electron chi connectivity index (χ3n) is 3.52. The fourth-order valence-electron chi connectivity index (χ4n) is 2.11. The summed E-state index contributed by atoms with van der Waals surface area (Å²) >= 11 is 11.2. The number of hydrogen-bond donors (Lipinski definition) is 3. The fraction of sp³-hybridized carbons (Fsp3) is 0.167. The van der Waals surface area contributed by atoms with Crippen LogP contribution in [0.3, 0.4) is 0 Å². The van der Waals surface area contributed by atoms with Crippen LogP contribution in [0.4, 0.5) is 11.4 Å². The highest BCUT2D eigenvalue weighted by Gasteiger charge is 2.12. The number of hydrogen-bond acceptors (Lipinski definition) is 3. The van der Waals surface area contributed by atoms with Crippen LogP contribution in [0.25, 0.3) is 0 Å². The lowest BCUT2D eigenvalue weighted by Crippen LogP contribution is -2.34. The second-order valence-electron chi connectivity index (χ2n) is 5.27. The smallest absolute Gasteiger partial charge is 0.258 e. The summed E-state index contributed by atoms with van der Waals surface area (Å²) < 4.78 is 0. The van der Waals surface area contributed by atoms with Gasteiger partial charge in [0.1, 0.15) is 0 Å². The monoisotopic (exact) mass is 375 g/mol. The topological polar surface area (TPSA) is 70.2 Å². The standard InChI is InChI=1S/C18H18ClN3O2S/c1-3-16(23)20-14-9-6-10-15(11(14)2)21-18(25)22-17(24)12-7-4-5-8-13(12)19/h4-10H,3H2,1-2H3,(H,20,23)(H2,21,22,24,25). The highest BCUT2D eigenvalue weighted by molar-refractivity contribution is 7.80. The van der Waals surface area contributed by atoms with Crippen molar-refractivity contribution >= 4 is 52.1 Å². The van der Waals surface area contributed by atoms with Gasteiger partial charge in [0, 0.05) is 17.8 Å². The first-order valence-electron chi connectivity index (χ1n) is 7.68. The van der Waals surface area contributed by atoms with E-state index in [0.717, 1.165) is 5.56 Å². The van der Waals surface area contributed by atoms with Gasteiger partial charge in [-0.3, -0.25) is 14.9 Å². The normalized spacial score (nSPS) is 10.0. The highest BCUT2D eigenvalue weighted by atomic mass is 35.5. The summed E-state index contributed by atoms with van der Waals surface area (Å²) in [4.78, 5) is 23.8. The minimum absolute atomic E-state index is 0.0742. The minimum Gasteiger partial charge on any atom is -0.332 e. The first-order chi connectivity index (χ1) is 11.9. The van der Waals surface area contributed by atoms with Crippen molar-refractivity contribution in [3.05, 3.63) is 58.6 Å². The number of amides is 2. The number of nitrogens with one attached hydrogen (secondary N) is 3. The average Bonchev–Trinajstić information content (AvgIpc) is 2.58. The molecule has 25 heavy (non-hydrogen) atoms. The zero-order valence-corrected chi connectivity index (χ0v) is 15.4. The molecule has 5 nitrogen and oxygen atoms in total. The predicted octanol–water partition coefficient (Wildman–Crippen LogP) is 4.12. The van der Waals surface area contributed by atoms with Crippen molar-refractivity contribution < 1.29 is 9.59 Å². The van der Waals surface area contributed by atoms with Crippen molar-refractivity contribution in [2.24, 2.45) is 0 Å². The molecule has 3 N–H and O–H groups in total. The lowest BCUT2D eigenvalue weighted by molar-refractivity contribution is -0.115. The maximum absolute atomic E-state index is 12.2. The molecule has 0 spiro atoms.